The monoisotopic (exact) mass is 298 g/mol. The minimum atomic E-state index is -6.00. The van der Waals surface area contributed by atoms with Crippen molar-refractivity contribution in [1.29, 1.82) is 5.39 Å². The largest absolute Gasteiger partial charge is 0.673 e. The molecule has 8 heteroatoms. The number of hydrogen-bond acceptors (Lipinski definition) is 1. The topological polar surface area (TPSA) is 28.1 Å². The Morgan fingerprint density at radius 2 is 1.62 bits per heavy atom. The Morgan fingerprint density at radius 3 is 1.94 bits per heavy atom. The van der Waals surface area contributed by atoms with Crippen molar-refractivity contribution in [2.24, 2.45) is 0 Å². The Bertz CT molecular complexity index is 384. The van der Waals surface area contributed by atoms with Gasteiger partial charge in [-0.25, -0.2) is 0 Å². The third-order valence-corrected chi connectivity index (χ3v) is 2.10. The second-order valence-electron chi connectivity index (χ2n) is 3.01. The third-order valence-electron chi connectivity index (χ3n) is 1.50. The summed E-state index contributed by atoms with van der Waals surface area (Å²) in [4.78, 5) is 3.16. The summed E-state index contributed by atoms with van der Waals surface area (Å²) >= 11 is 3.30. The van der Waals surface area contributed by atoms with Gasteiger partial charge in [0.1, 0.15) is 4.47 Å². The van der Waals surface area contributed by atoms with E-state index in [4.69, 9.17) is 5.39 Å². The molecule has 0 atom stereocenters. The lowest BCUT2D eigenvalue weighted by Gasteiger charge is -1.94. The maximum absolute atomic E-state index is 9.75. The standard InChI is InChI=1S/C8H8BrN2.BF4/c1-5-3-6(2)8(11-10)7(9)4-5;2-1(3,4)5/h3-4H,1-2H3;/q+1;-1. The zero-order valence-corrected chi connectivity index (χ0v) is 10.1. The molecule has 0 aliphatic rings. The average Bonchev–Trinajstić information content (AvgIpc) is 1.99. The van der Waals surface area contributed by atoms with Crippen molar-refractivity contribution in [1.82, 2.24) is 0 Å². The maximum Gasteiger partial charge on any atom is 0.673 e. The summed E-state index contributed by atoms with van der Waals surface area (Å²) in [7, 11) is -6.00. The van der Waals surface area contributed by atoms with E-state index in [1.165, 1.54) is 0 Å². The van der Waals surface area contributed by atoms with Gasteiger partial charge in [0.05, 0.1) is 0 Å². The smallest absolute Gasteiger partial charge is 0.418 e. The maximum atomic E-state index is 9.75. The van der Waals surface area contributed by atoms with Crippen LogP contribution in [0.15, 0.2) is 16.6 Å². The van der Waals surface area contributed by atoms with Gasteiger partial charge >= 0.3 is 12.9 Å². The van der Waals surface area contributed by atoms with Crippen molar-refractivity contribution in [2.45, 2.75) is 13.8 Å². The Kier molecular flexibility index (Phi) is 5.44. The molecule has 1 aromatic rings. The van der Waals surface area contributed by atoms with E-state index in [1.54, 1.807) is 0 Å². The van der Waals surface area contributed by atoms with Crippen molar-refractivity contribution in [3.05, 3.63) is 32.7 Å². The fraction of sp³-hybridized carbons (Fsp3) is 0.250. The van der Waals surface area contributed by atoms with E-state index in [9.17, 15) is 17.3 Å². The second kappa shape index (κ2) is 5.84. The summed E-state index contributed by atoms with van der Waals surface area (Å²) in [5.74, 6) is 0. The molecule has 1 rings (SSSR count). The predicted molar refractivity (Wildman–Crippen MR) is 58.5 cm³/mol. The summed E-state index contributed by atoms with van der Waals surface area (Å²) in [6.07, 6.45) is 0. The molecule has 0 aromatic heterocycles. The van der Waals surface area contributed by atoms with Crippen molar-refractivity contribution in [2.75, 3.05) is 0 Å². The predicted octanol–water partition coefficient (Wildman–Crippen LogP) is 4.85. The quantitative estimate of drug-likeness (QED) is 0.382. The lowest BCUT2D eigenvalue weighted by atomic mass is 10.1. The lowest BCUT2D eigenvalue weighted by molar-refractivity contribution is 0.368. The summed E-state index contributed by atoms with van der Waals surface area (Å²) < 4.78 is 39.8. The van der Waals surface area contributed by atoms with Gasteiger partial charge in [-0.1, -0.05) is 0 Å². The van der Waals surface area contributed by atoms with Crippen LogP contribution in [-0.2, 0) is 0 Å². The molecular formula is C8H8BBrF4N2. The molecule has 0 saturated heterocycles. The normalized spacial score (nSPS) is 10.1. The number of halogens is 5. The Labute approximate surface area is 98.5 Å². The molecule has 0 spiro atoms. The molecular weight excluding hydrogens is 291 g/mol. The van der Waals surface area contributed by atoms with Crippen LogP contribution in [0.25, 0.3) is 4.98 Å². The molecule has 2 nitrogen and oxygen atoms in total. The van der Waals surface area contributed by atoms with Crippen LogP contribution in [0.3, 0.4) is 0 Å². The molecule has 0 fully saturated rings. The highest BCUT2D eigenvalue weighted by molar-refractivity contribution is 9.10. The molecule has 0 heterocycles. The summed E-state index contributed by atoms with van der Waals surface area (Å²) in [5, 5.41) is 8.59. The van der Waals surface area contributed by atoms with E-state index in [2.05, 4.69) is 20.9 Å². The lowest BCUT2D eigenvalue weighted by Crippen LogP contribution is -2.02. The van der Waals surface area contributed by atoms with E-state index >= 15 is 0 Å². The van der Waals surface area contributed by atoms with Gasteiger partial charge < -0.3 is 17.3 Å². The number of diazo groups is 1. The van der Waals surface area contributed by atoms with Gasteiger partial charge in [-0.3, -0.25) is 0 Å². The van der Waals surface area contributed by atoms with Crippen LogP contribution >= 0.6 is 15.9 Å². The molecule has 0 aliphatic heterocycles. The summed E-state index contributed by atoms with van der Waals surface area (Å²) in [6, 6.07) is 3.89. The Morgan fingerprint density at radius 1 is 1.19 bits per heavy atom. The number of aryl methyl sites for hydroxylation is 2. The number of benzene rings is 1. The van der Waals surface area contributed by atoms with Gasteiger partial charge in [-0.05, 0) is 47.5 Å². The van der Waals surface area contributed by atoms with Gasteiger partial charge in [0.15, 0.2) is 4.98 Å². The van der Waals surface area contributed by atoms with Crippen molar-refractivity contribution < 1.29 is 17.3 Å². The fourth-order valence-electron chi connectivity index (χ4n) is 1.03. The molecule has 1 aromatic carbocycles. The zero-order chi connectivity index (χ0) is 12.9. The minimum Gasteiger partial charge on any atom is -0.418 e. The molecule has 16 heavy (non-hydrogen) atoms. The summed E-state index contributed by atoms with van der Waals surface area (Å²) in [5.41, 5.74) is 2.73. The first-order valence-electron chi connectivity index (χ1n) is 4.14. The van der Waals surface area contributed by atoms with E-state index in [0.717, 1.165) is 15.6 Å². The van der Waals surface area contributed by atoms with E-state index in [0.29, 0.717) is 5.69 Å². The minimum absolute atomic E-state index is 0.607. The zero-order valence-electron chi connectivity index (χ0n) is 8.52. The molecule has 0 saturated carbocycles. The number of nitrogens with zero attached hydrogens (tertiary/aromatic N) is 2. The van der Waals surface area contributed by atoms with Crippen LogP contribution < -0.4 is 0 Å². The molecule has 0 radical (unpaired) electrons. The van der Waals surface area contributed by atoms with Crippen LogP contribution in [0.4, 0.5) is 23.0 Å². The summed E-state index contributed by atoms with van der Waals surface area (Å²) in [6.45, 7) is 3.91. The molecule has 0 N–H and O–H groups in total. The van der Waals surface area contributed by atoms with Crippen molar-refractivity contribution in [3.8, 4) is 0 Å². The van der Waals surface area contributed by atoms with Gasteiger partial charge in [-0.2, -0.15) is 0 Å². The number of hydrogen-bond donors (Lipinski definition) is 0. The van der Waals surface area contributed by atoms with Crippen LogP contribution in [0, 0.1) is 19.2 Å². The molecule has 0 aliphatic carbocycles. The SMILES string of the molecule is Cc1cc(C)c([N+]#N)c(Br)c1.F[B-](F)(F)F. The number of rotatable bonds is 0. The van der Waals surface area contributed by atoms with Gasteiger partial charge in [0.25, 0.3) is 0 Å². The second-order valence-corrected chi connectivity index (χ2v) is 3.86. The van der Waals surface area contributed by atoms with E-state index in [1.807, 2.05) is 26.0 Å². The fourth-order valence-corrected chi connectivity index (χ4v) is 1.79. The van der Waals surface area contributed by atoms with Gasteiger partial charge in [0, 0.05) is 5.56 Å². The van der Waals surface area contributed by atoms with Gasteiger partial charge in [0.2, 0.25) is 5.39 Å². The van der Waals surface area contributed by atoms with E-state index in [-0.39, 0.29) is 0 Å². The third kappa shape index (κ3) is 6.40. The van der Waals surface area contributed by atoms with Crippen LogP contribution in [0.2, 0.25) is 0 Å². The molecule has 0 unspecified atom stereocenters. The van der Waals surface area contributed by atoms with Crippen LogP contribution in [0.5, 0.6) is 0 Å². The van der Waals surface area contributed by atoms with Crippen LogP contribution in [-0.4, -0.2) is 7.25 Å². The van der Waals surface area contributed by atoms with Crippen molar-refractivity contribution >= 4 is 28.9 Å². The van der Waals surface area contributed by atoms with Crippen molar-refractivity contribution in [3.63, 3.8) is 0 Å². The van der Waals surface area contributed by atoms with E-state index < -0.39 is 7.25 Å². The van der Waals surface area contributed by atoms with Gasteiger partial charge in [-0.15, -0.1) is 0 Å². The first kappa shape index (κ1) is 14.9. The highest BCUT2D eigenvalue weighted by Gasteiger charge is 2.20. The molecule has 0 bridgehead atoms. The molecule has 88 valence electrons. The average molecular weight is 299 g/mol. The highest BCUT2D eigenvalue weighted by atomic mass is 79.9. The first-order chi connectivity index (χ1) is 7.15. The Hall–Kier alpha value is -1.10. The molecule has 0 amide bonds. The highest BCUT2D eigenvalue weighted by Crippen LogP contribution is 2.29. The van der Waals surface area contributed by atoms with Crippen LogP contribution in [0.1, 0.15) is 11.1 Å². The Balaban J connectivity index is 0.000000385. The first-order valence-corrected chi connectivity index (χ1v) is 4.93.